The van der Waals surface area contributed by atoms with Crippen LogP contribution in [-0.2, 0) is 4.84 Å². The molecule has 4 nitrogen and oxygen atoms in total. The van der Waals surface area contributed by atoms with Crippen molar-refractivity contribution in [3.05, 3.63) is 71.3 Å². The lowest BCUT2D eigenvalue weighted by atomic mass is 10.1. The van der Waals surface area contributed by atoms with Crippen molar-refractivity contribution in [2.75, 3.05) is 31.8 Å². The lowest BCUT2D eigenvalue weighted by Gasteiger charge is -2.14. The van der Waals surface area contributed by atoms with Gasteiger partial charge in [-0.15, -0.1) is 0 Å². The number of benzene rings is 2. The van der Waals surface area contributed by atoms with Crippen LogP contribution in [0.25, 0.3) is 0 Å². The van der Waals surface area contributed by atoms with Crippen molar-refractivity contribution in [2.24, 2.45) is 5.16 Å². The Kier molecular flexibility index (Phi) is 11.7. The number of oxime groups is 1. The summed E-state index contributed by atoms with van der Waals surface area (Å²) in [4.78, 5) is 5.01. The quantitative estimate of drug-likeness (QED) is 0.143. The molecule has 2 aromatic rings. The number of aryl methyl sites for hydroxylation is 2. The minimum Gasteiger partial charge on any atom is -0.493 e. The van der Waals surface area contributed by atoms with Crippen LogP contribution in [0.1, 0.15) is 42.9 Å². The fourth-order valence-corrected chi connectivity index (χ4v) is 4.16. The van der Waals surface area contributed by atoms with Crippen molar-refractivity contribution in [2.45, 2.75) is 40.0 Å². The van der Waals surface area contributed by atoms with Gasteiger partial charge in [0.2, 0.25) is 0 Å². The first-order valence-electron chi connectivity index (χ1n) is 10.9. The molecule has 0 aliphatic carbocycles. The second kappa shape index (κ2) is 14.6. The Morgan fingerprint density at radius 3 is 2.42 bits per heavy atom. The monoisotopic (exact) mass is 441 g/mol. The molecular weight excluding hydrogens is 406 g/mol. The molecule has 31 heavy (non-hydrogen) atoms. The van der Waals surface area contributed by atoms with Gasteiger partial charge in [-0.25, -0.2) is 0 Å². The summed E-state index contributed by atoms with van der Waals surface area (Å²) in [6, 6.07) is 14.3. The number of rotatable bonds is 14. The van der Waals surface area contributed by atoms with Crippen LogP contribution in [0.4, 0.5) is 0 Å². The Hall–Kier alpha value is -2.40. The first-order chi connectivity index (χ1) is 15.2. The van der Waals surface area contributed by atoms with Crippen molar-refractivity contribution in [3.8, 4) is 11.5 Å². The van der Waals surface area contributed by atoms with Crippen LogP contribution in [-0.4, -0.2) is 37.5 Å². The van der Waals surface area contributed by atoms with Crippen LogP contribution >= 0.6 is 11.8 Å². The van der Waals surface area contributed by atoms with E-state index in [0.29, 0.717) is 6.61 Å². The zero-order valence-corrected chi connectivity index (χ0v) is 20.0. The summed E-state index contributed by atoms with van der Waals surface area (Å²) in [5, 5.41) is 4.18. The third kappa shape index (κ3) is 9.09. The summed E-state index contributed by atoms with van der Waals surface area (Å²) in [7, 11) is 1.60. The van der Waals surface area contributed by atoms with Gasteiger partial charge in [-0.05, 0) is 69.0 Å². The summed E-state index contributed by atoms with van der Waals surface area (Å²) in [5.41, 5.74) is 4.35. The Bertz CT molecular complexity index is 811. The third-order valence-electron chi connectivity index (χ3n) is 4.74. The molecule has 0 amide bonds. The van der Waals surface area contributed by atoms with E-state index < -0.39 is 0 Å². The molecule has 0 saturated heterocycles. The summed E-state index contributed by atoms with van der Waals surface area (Å²) in [6.07, 6.45) is 7.36. The van der Waals surface area contributed by atoms with E-state index in [1.807, 2.05) is 61.2 Å². The van der Waals surface area contributed by atoms with Crippen LogP contribution in [0.3, 0.4) is 0 Å². The first kappa shape index (κ1) is 24.9. The Balaban J connectivity index is 1.65. The minimum atomic E-state index is 0.595. The summed E-state index contributed by atoms with van der Waals surface area (Å²) in [5.74, 6) is 3.83. The number of unbranched alkanes of at least 4 members (excludes halogenated alkanes) is 2. The zero-order chi connectivity index (χ0) is 22.3. The Morgan fingerprint density at radius 2 is 1.74 bits per heavy atom. The van der Waals surface area contributed by atoms with Crippen molar-refractivity contribution in [3.63, 3.8) is 0 Å². The number of allylic oxidation sites excluding steroid dienone is 1. The number of nitrogens with zero attached hydrogens (tertiary/aromatic N) is 1. The standard InChI is InChI=1S/C26H35NO3S/c1-5-6-15-29-24-18-21(2)26(22(3)19-24)30-16-11-8-12-17-31-20-25(27-28-4)23-13-9-7-10-14-23/h5-7,9-10,13-14,18-19H,8,11-12,15-17,20H2,1-4H3/b6-5+,27-25-. The highest BCUT2D eigenvalue weighted by molar-refractivity contribution is 7.99. The van der Waals surface area contributed by atoms with E-state index in [4.69, 9.17) is 14.3 Å². The molecule has 168 valence electrons. The van der Waals surface area contributed by atoms with Crippen LogP contribution in [0.15, 0.2) is 59.8 Å². The fourth-order valence-electron chi connectivity index (χ4n) is 3.19. The summed E-state index contributed by atoms with van der Waals surface area (Å²) < 4.78 is 11.8. The van der Waals surface area contributed by atoms with Gasteiger partial charge in [0, 0.05) is 11.3 Å². The van der Waals surface area contributed by atoms with E-state index in [0.717, 1.165) is 64.9 Å². The van der Waals surface area contributed by atoms with E-state index >= 15 is 0 Å². The van der Waals surface area contributed by atoms with Gasteiger partial charge in [0.25, 0.3) is 0 Å². The van der Waals surface area contributed by atoms with Gasteiger partial charge in [0.05, 0.1) is 12.3 Å². The van der Waals surface area contributed by atoms with Gasteiger partial charge in [-0.1, -0.05) is 47.6 Å². The second-order valence-electron chi connectivity index (χ2n) is 7.31. The third-order valence-corrected chi connectivity index (χ3v) is 5.80. The van der Waals surface area contributed by atoms with Crippen molar-refractivity contribution in [1.29, 1.82) is 0 Å². The van der Waals surface area contributed by atoms with Crippen LogP contribution in [0.2, 0.25) is 0 Å². The van der Waals surface area contributed by atoms with Crippen molar-refractivity contribution < 1.29 is 14.3 Å². The number of hydrogen-bond donors (Lipinski definition) is 0. The topological polar surface area (TPSA) is 40.0 Å². The lowest BCUT2D eigenvalue weighted by Crippen LogP contribution is -2.06. The largest absolute Gasteiger partial charge is 0.493 e. The molecule has 2 rings (SSSR count). The van der Waals surface area contributed by atoms with Gasteiger partial charge in [-0.2, -0.15) is 11.8 Å². The molecule has 0 bridgehead atoms. The molecule has 0 N–H and O–H groups in total. The van der Waals surface area contributed by atoms with E-state index in [-0.39, 0.29) is 0 Å². The molecule has 0 aliphatic rings. The average molecular weight is 442 g/mol. The van der Waals surface area contributed by atoms with E-state index in [1.54, 1.807) is 7.11 Å². The Labute approximate surface area is 191 Å². The molecule has 0 heterocycles. The van der Waals surface area contributed by atoms with Gasteiger partial charge < -0.3 is 14.3 Å². The van der Waals surface area contributed by atoms with Crippen LogP contribution < -0.4 is 9.47 Å². The fraction of sp³-hybridized carbons (Fsp3) is 0.423. The van der Waals surface area contributed by atoms with Crippen LogP contribution in [0, 0.1) is 13.8 Å². The molecule has 5 heteroatoms. The van der Waals surface area contributed by atoms with Crippen LogP contribution in [0.5, 0.6) is 11.5 Å². The van der Waals surface area contributed by atoms with E-state index in [1.165, 1.54) is 6.42 Å². The maximum atomic E-state index is 6.07. The molecule has 2 aromatic carbocycles. The second-order valence-corrected chi connectivity index (χ2v) is 8.42. The highest BCUT2D eigenvalue weighted by atomic mass is 32.2. The predicted molar refractivity (Wildman–Crippen MR) is 133 cm³/mol. The van der Waals surface area contributed by atoms with Crippen molar-refractivity contribution >= 4 is 17.5 Å². The minimum absolute atomic E-state index is 0.595. The molecule has 0 radical (unpaired) electrons. The van der Waals surface area contributed by atoms with Crippen molar-refractivity contribution in [1.82, 2.24) is 0 Å². The SMILES string of the molecule is C/C=C/COc1cc(C)c(OCCCCCSC/C(=N/OC)c2ccccc2)c(C)c1. The average Bonchev–Trinajstić information content (AvgIpc) is 2.77. The summed E-state index contributed by atoms with van der Waals surface area (Å²) in [6.45, 7) is 7.48. The van der Waals surface area contributed by atoms with E-state index in [9.17, 15) is 0 Å². The molecule has 0 spiro atoms. The molecule has 0 aliphatic heterocycles. The zero-order valence-electron chi connectivity index (χ0n) is 19.2. The molecule has 0 unspecified atom stereocenters. The van der Waals surface area contributed by atoms with Gasteiger partial charge in [0.15, 0.2) is 0 Å². The number of thioether (sulfide) groups is 1. The van der Waals surface area contributed by atoms with E-state index in [2.05, 4.69) is 31.1 Å². The normalized spacial score (nSPS) is 11.7. The number of ether oxygens (including phenoxy) is 2. The molecular formula is C26H35NO3S. The molecule has 0 aromatic heterocycles. The molecule has 0 saturated carbocycles. The highest BCUT2D eigenvalue weighted by Gasteiger charge is 2.08. The maximum Gasteiger partial charge on any atom is 0.125 e. The number of hydrogen-bond acceptors (Lipinski definition) is 5. The Morgan fingerprint density at radius 1 is 1.00 bits per heavy atom. The first-order valence-corrected chi connectivity index (χ1v) is 12.0. The molecule has 0 atom stereocenters. The maximum absolute atomic E-state index is 6.07. The highest BCUT2D eigenvalue weighted by Crippen LogP contribution is 2.28. The predicted octanol–water partition coefficient (Wildman–Crippen LogP) is 6.59. The van der Waals surface area contributed by atoms with Gasteiger partial charge in [-0.3, -0.25) is 0 Å². The smallest absolute Gasteiger partial charge is 0.125 e. The molecule has 0 fully saturated rings. The lowest BCUT2D eigenvalue weighted by molar-refractivity contribution is 0.213. The van der Waals surface area contributed by atoms with Gasteiger partial charge in [0.1, 0.15) is 25.2 Å². The van der Waals surface area contributed by atoms with Gasteiger partial charge >= 0.3 is 0 Å². The summed E-state index contributed by atoms with van der Waals surface area (Å²) >= 11 is 1.89.